The van der Waals surface area contributed by atoms with E-state index < -0.39 is 0 Å². The Balaban J connectivity index is 2.16. The first-order valence-corrected chi connectivity index (χ1v) is 4.49. The van der Waals surface area contributed by atoms with Gasteiger partial charge in [-0.05, 0) is 6.07 Å². The molecule has 0 fully saturated rings. The number of hydrogen-bond donors (Lipinski definition) is 2. The number of ether oxygens (including phenoxy) is 1. The highest BCUT2D eigenvalue weighted by atomic mass is 16.5. The van der Waals surface area contributed by atoms with Gasteiger partial charge in [0, 0.05) is 5.56 Å². The van der Waals surface area contributed by atoms with Gasteiger partial charge >= 0.3 is 0 Å². The third-order valence-corrected chi connectivity index (χ3v) is 2.17. The highest BCUT2D eigenvalue weighted by Gasteiger charge is 2.22. The molecule has 1 unspecified atom stereocenters. The molecular weight excluding hydrogens is 180 g/mol. The molecule has 2 rings (SSSR count). The summed E-state index contributed by atoms with van der Waals surface area (Å²) in [6.07, 6.45) is -0.185. The van der Waals surface area contributed by atoms with Gasteiger partial charge in [0.25, 0.3) is 0 Å². The number of nitrogens with two attached hydrogens (primary N) is 1. The summed E-state index contributed by atoms with van der Waals surface area (Å²) >= 11 is 0. The van der Waals surface area contributed by atoms with E-state index in [2.05, 4.69) is 4.99 Å². The average Bonchev–Trinajstić information content (AvgIpc) is 2.67. The summed E-state index contributed by atoms with van der Waals surface area (Å²) in [5.41, 5.74) is 6.16. The van der Waals surface area contributed by atoms with Crippen LogP contribution in [0.25, 0.3) is 0 Å². The van der Waals surface area contributed by atoms with Crippen LogP contribution in [0.5, 0.6) is 5.75 Å². The molecule has 0 amide bonds. The number of hydrogen-bond acceptors (Lipinski definition) is 4. The topological polar surface area (TPSA) is 67.8 Å². The first-order chi connectivity index (χ1) is 6.81. The molecule has 4 heteroatoms. The Morgan fingerprint density at radius 2 is 2.29 bits per heavy atom. The number of phenols is 1. The molecule has 1 aliphatic rings. The van der Waals surface area contributed by atoms with Crippen molar-refractivity contribution in [2.75, 3.05) is 13.1 Å². The van der Waals surface area contributed by atoms with Gasteiger partial charge in [-0.15, -0.1) is 0 Å². The van der Waals surface area contributed by atoms with Crippen molar-refractivity contribution >= 4 is 5.90 Å². The zero-order valence-electron chi connectivity index (χ0n) is 7.68. The number of para-hydroxylation sites is 1. The molecule has 1 aromatic rings. The van der Waals surface area contributed by atoms with Crippen LogP contribution in [0.1, 0.15) is 11.7 Å². The molecule has 0 saturated heterocycles. The minimum Gasteiger partial charge on any atom is -0.508 e. The molecule has 0 aliphatic carbocycles. The van der Waals surface area contributed by atoms with Gasteiger partial charge in [0.15, 0.2) is 5.90 Å². The van der Waals surface area contributed by atoms with Crippen molar-refractivity contribution < 1.29 is 9.84 Å². The Labute approximate surface area is 82.0 Å². The van der Waals surface area contributed by atoms with E-state index >= 15 is 0 Å². The summed E-state index contributed by atoms with van der Waals surface area (Å²) in [6, 6.07) is 7.10. The van der Waals surface area contributed by atoms with Crippen LogP contribution < -0.4 is 5.73 Å². The van der Waals surface area contributed by atoms with Gasteiger partial charge in [-0.25, -0.2) is 0 Å². The first-order valence-electron chi connectivity index (χ1n) is 4.49. The lowest BCUT2D eigenvalue weighted by Gasteiger charge is -2.12. The fourth-order valence-corrected chi connectivity index (χ4v) is 1.46. The first kappa shape index (κ1) is 9.02. The number of rotatable bonds is 2. The number of phenolic OH excluding ortho intramolecular Hbond substituents is 1. The summed E-state index contributed by atoms with van der Waals surface area (Å²) in [7, 11) is 0. The molecule has 0 radical (unpaired) electrons. The second kappa shape index (κ2) is 3.67. The van der Waals surface area contributed by atoms with Crippen molar-refractivity contribution in [2.24, 2.45) is 10.7 Å². The summed E-state index contributed by atoms with van der Waals surface area (Å²) in [5, 5.41) is 9.57. The van der Waals surface area contributed by atoms with E-state index in [0.717, 1.165) is 5.56 Å². The summed E-state index contributed by atoms with van der Waals surface area (Å²) in [4.78, 5) is 4.11. The van der Waals surface area contributed by atoms with Gasteiger partial charge in [0.05, 0.1) is 13.1 Å². The lowest BCUT2D eigenvalue weighted by atomic mass is 10.1. The average molecular weight is 192 g/mol. The Bertz CT molecular complexity index is 363. The quantitative estimate of drug-likeness (QED) is 0.729. The summed E-state index contributed by atoms with van der Waals surface area (Å²) < 4.78 is 5.44. The van der Waals surface area contributed by atoms with E-state index in [1.165, 1.54) is 0 Å². The summed E-state index contributed by atoms with van der Waals surface area (Å²) in [5.74, 6) is 0.796. The maximum Gasteiger partial charge on any atom is 0.198 e. The van der Waals surface area contributed by atoms with Crippen molar-refractivity contribution in [1.82, 2.24) is 0 Å². The smallest absolute Gasteiger partial charge is 0.198 e. The zero-order chi connectivity index (χ0) is 9.97. The SMILES string of the molecule is NCC1=NCC(c2ccccc2O)O1. The van der Waals surface area contributed by atoms with Crippen LogP contribution >= 0.6 is 0 Å². The molecule has 1 aromatic carbocycles. The largest absolute Gasteiger partial charge is 0.508 e. The van der Waals surface area contributed by atoms with Crippen LogP contribution in [0.2, 0.25) is 0 Å². The molecule has 1 heterocycles. The second-order valence-corrected chi connectivity index (χ2v) is 3.10. The highest BCUT2D eigenvalue weighted by molar-refractivity contribution is 5.79. The maximum absolute atomic E-state index is 9.57. The minimum atomic E-state index is -0.185. The Hall–Kier alpha value is -1.55. The molecule has 0 spiro atoms. The van der Waals surface area contributed by atoms with Crippen LogP contribution in [0.3, 0.4) is 0 Å². The van der Waals surface area contributed by atoms with E-state index in [9.17, 15) is 5.11 Å². The van der Waals surface area contributed by atoms with Gasteiger partial charge in [-0.3, -0.25) is 4.99 Å². The normalized spacial score (nSPS) is 20.4. The van der Waals surface area contributed by atoms with E-state index in [-0.39, 0.29) is 11.9 Å². The molecular formula is C10H12N2O2. The monoisotopic (exact) mass is 192 g/mol. The van der Waals surface area contributed by atoms with Crippen molar-refractivity contribution in [3.05, 3.63) is 29.8 Å². The van der Waals surface area contributed by atoms with Crippen molar-refractivity contribution in [1.29, 1.82) is 0 Å². The number of aromatic hydroxyl groups is 1. The zero-order valence-corrected chi connectivity index (χ0v) is 7.68. The maximum atomic E-state index is 9.57. The number of aliphatic imine (C=N–C) groups is 1. The number of nitrogens with zero attached hydrogens (tertiary/aromatic N) is 1. The molecule has 4 nitrogen and oxygen atoms in total. The van der Waals surface area contributed by atoms with Crippen LogP contribution in [0.15, 0.2) is 29.3 Å². The number of benzene rings is 1. The van der Waals surface area contributed by atoms with Gasteiger partial charge in [-0.1, -0.05) is 18.2 Å². The van der Waals surface area contributed by atoms with Crippen LogP contribution in [0, 0.1) is 0 Å². The third-order valence-electron chi connectivity index (χ3n) is 2.17. The summed E-state index contributed by atoms with van der Waals surface area (Å²) in [6.45, 7) is 0.841. The fraction of sp³-hybridized carbons (Fsp3) is 0.300. The fourth-order valence-electron chi connectivity index (χ4n) is 1.46. The van der Waals surface area contributed by atoms with Crippen LogP contribution in [-0.2, 0) is 4.74 Å². The van der Waals surface area contributed by atoms with Gasteiger partial charge in [0.2, 0.25) is 0 Å². The molecule has 0 saturated carbocycles. The van der Waals surface area contributed by atoms with Crippen molar-refractivity contribution in [3.8, 4) is 5.75 Å². The molecule has 3 N–H and O–H groups in total. The van der Waals surface area contributed by atoms with Crippen molar-refractivity contribution in [3.63, 3.8) is 0 Å². The van der Waals surface area contributed by atoms with Gasteiger partial charge < -0.3 is 15.6 Å². The molecule has 74 valence electrons. The lowest BCUT2D eigenvalue weighted by molar-refractivity contribution is 0.221. The van der Waals surface area contributed by atoms with Crippen molar-refractivity contribution in [2.45, 2.75) is 6.10 Å². The molecule has 14 heavy (non-hydrogen) atoms. The standard InChI is InChI=1S/C10H12N2O2/c11-5-10-12-6-9(14-10)7-3-1-2-4-8(7)13/h1-4,9,13H,5-6,11H2. The second-order valence-electron chi connectivity index (χ2n) is 3.10. The molecule has 1 atom stereocenters. The third kappa shape index (κ3) is 1.56. The molecule has 0 aromatic heterocycles. The lowest BCUT2D eigenvalue weighted by Crippen LogP contribution is -2.15. The van der Waals surface area contributed by atoms with E-state index in [1.54, 1.807) is 12.1 Å². The van der Waals surface area contributed by atoms with E-state index in [4.69, 9.17) is 10.5 Å². The predicted octanol–water partition coefficient (Wildman–Crippen LogP) is 0.821. The Kier molecular flexibility index (Phi) is 2.37. The minimum absolute atomic E-state index is 0.185. The molecule has 1 aliphatic heterocycles. The Morgan fingerprint density at radius 3 is 2.93 bits per heavy atom. The Morgan fingerprint density at radius 1 is 1.50 bits per heavy atom. The highest BCUT2D eigenvalue weighted by Crippen LogP contribution is 2.29. The van der Waals surface area contributed by atoms with Crippen LogP contribution in [-0.4, -0.2) is 24.1 Å². The predicted molar refractivity (Wildman–Crippen MR) is 53.3 cm³/mol. The van der Waals surface area contributed by atoms with E-state index in [0.29, 0.717) is 19.0 Å². The van der Waals surface area contributed by atoms with Gasteiger partial charge in [0.1, 0.15) is 11.9 Å². The van der Waals surface area contributed by atoms with Gasteiger partial charge in [-0.2, -0.15) is 0 Å². The van der Waals surface area contributed by atoms with Crippen LogP contribution in [0.4, 0.5) is 0 Å². The van der Waals surface area contributed by atoms with E-state index in [1.807, 2.05) is 12.1 Å². The molecule has 0 bridgehead atoms.